The van der Waals surface area contributed by atoms with E-state index >= 15 is 0 Å². The maximum Gasteiger partial charge on any atom is 0.244 e. The Hall–Kier alpha value is -2.33. The quantitative estimate of drug-likeness (QED) is 0.739. The van der Waals surface area contributed by atoms with Crippen molar-refractivity contribution in [2.45, 2.75) is 6.54 Å². The van der Waals surface area contributed by atoms with Crippen molar-refractivity contribution in [1.82, 2.24) is 5.32 Å². The largest absolute Gasteiger partial charge is 0.457 e. The molecule has 100 valence electrons. The summed E-state index contributed by atoms with van der Waals surface area (Å²) in [5.74, 6) is 0.552. The van der Waals surface area contributed by atoms with Gasteiger partial charge in [0.1, 0.15) is 11.3 Å². The van der Waals surface area contributed by atoms with Crippen molar-refractivity contribution in [2.24, 2.45) is 0 Å². The first-order valence-corrected chi connectivity index (χ1v) is 7.16. The fourth-order valence-electron chi connectivity index (χ4n) is 1.89. The van der Waals surface area contributed by atoms with E-state index in [0.29, 0.717) is 12.3 Å². The molecule has 1 N–H and O–H groups in total. The van der Waals surface area contributed by atoms with Crippen LogP contribution in [0.25, 0.3) is 17.0 Å². The average Bonchev–Trinajstić information content (AvgIpc) is 3.11. The van der Waals surface area contributed by atoms with Gasteiger partial charge in [0, 0.05) is 16.3 Å². The summed E-state index contributed by atoms with van der Waals surface area (Å²) in [6.45, 7) is 0.557. The van der Waals surface area contributed by atoms with Gasteiger partial charge in [-0.2, -0.15) is 0 Å². The van der Waals surface area contributed by atoms with E-state index in [-0.39, 0.29) is 5.91 Å². The first kappa shape index (κ1) is 12.7. The lowest BCUT2D eigenvalue weighted by Crippen LogP contribution is -2.19. The SMILES string of the molecule is O=C(/C=C/c1cc2ccccc2o1)NCc1cccs1. The molecule has 2 aromatic heterocycles. The Labute approximate surface area is 120 Å². The Morgan fingerprint density at radius 2 is 2.15 bits per heavy atom. The highest BCUT2D eigenvalue weighted by Crippen LogP contribution is 2.19. The predicted octanol–water partition coefficient (Wildman–Crippen LogP) is 3.82. The van der Waals surface area contributed by atoms with E-state index in [2.05, 4.69) is 5.32 Å². The van der Waals surface area contributed by atoms with Crippen LogP contribution in [-0.4, -0.2) is 5.91 Å². The van der Waals surface area contributed by atoms with E-state index in [4.69, 9.17) is 4.42 Å². The number of benzene rings is 1. The lowest BCUT2D eigenvalue weighted by Gasteiger charge is -1.98. The molecule has 0 unspecified atom stereocenters. The molecular weight excluding hydrogens is 270 g/mol. The molecule has 4 heteroatoms. The Balaban J connectivity index is 1.62. The van der Waals surface area contributed by atoms with Crippen LogP contribution < -0.4 is 5.32 Å². The lowest BCUT2D eigenvalue weighted by atomic mass is 10.2. The van der Waals surface area contributed by atoms with Gasteiger partial charge in [0.05, 0.1) is 6.54 Å². The second-order valence-electron chi connectivity index (χ2n) is 4.32. The molecule has 0 aliphatic rings. The Morgan fingerprint density at radius 3 is 2.95 bits per heavy atom. The van der Waals surface area contributed by atoms with Crippen molar-refractivity contribution in [3.05, 3.63) is 64.6 Å². The molecule has 0 atom stereocenters. The zero-order valence-corrected chi connectivity index (χ0v) is 11.5. The molecule has 3 aromatic rings. The van der Waals surface area contributed by atoms with Crippen LogP contribution in [0.5, 0.6) is 0 Å². The highest BCUT2D eigenvalue weighted by molar-refractivity contribution is 7.09. The smallest absolute Gasteiger partial charge is 0.244 e. The standard InChI is InChI=1S/C16H13NO2S/c18-16(17-11-14-5-3-9-20-14)8-7-13-10-12-4-1-2-6-15(12)19-13/h1-10H,11H2,(H,17,18)/b8-7+. The Kier molecular flexibility index (Phi) is 3.65. The second-order valence-corrected chi connectivity index (χ2v) is 5.35. The molecule has 1 amide bonds. The monoisotopic (exact) mass is 283 g/mol. The van der Waals surface area contributed by atoms with E-state index in [1.54, 1.807) is 17.4 Å². The van der Waals surface area contributed by atoms with Crippen molar-refractivity contribution >= 4 is 34.3 Å². The van der Waals surface area contributed by atoms with E-state index < -0.39 is 0 Å². The highest BCUT2D eigenvalue weighted by Gasteiger charge is 2.01. The van der Waals surface area contributed by atoms with Crippen LogP contribution in [0.2, 0.25) is 0 Å². The minimum atomic E-state index is -0.126. The number of para-hydroxylation sites is 1. The molecule has 0 fully saturated rings. The molecule has 20 heavy (non-hydrogen) atoms. The molecule has 0 saturated carbocycles. The van der Waals surface area contributed by atoms with E-state index in [1.165, 1.54) is 6.08 Å². The number of carbonyl (C=O) groups is 1. The number of carbonyl (C=O) groups excluding carboxylic acids is 1. The fraction of sp³-hybridized carbons (Fsp3) is 0.0625. The predicted molar refractivity (Wildman–Crippen MR) is 81.4 cm³/mol. The number of hydrogen-bond acceptors (Lipinski definition) is 3. The molecule has 3 rings (SSSR count). The van der Waals surface area contributed by atoms with Crippen LogP contribution in [0.1, 0.15) is 10.6 Å². The van der Waals surface area contributed by atoms with Gasteiger partial charge >= 0.3 is 0 Å². The van der Waals surface area contributed by atoms with E-state index in [1.807, 2.05) is 47.8 Å². The summed E-state index contributed by atoms with van der Waals surface area (Å²) in [7, 11) is 0. The number of fused-ring (bicyclic) bond motifs is 1. The van der Waals surface area contributed by atoms with Gasteiger partial charge in [-0.05, 0) is 29.7 Å². The first-order chi connectivity index (χ1) is 9.81. The third-order valence-electron chi connectivity index (χ3n) is 2.86. The van der Waals surface area contributed by atoms with Crippen molar-refractivity contribution in [1.29, 1.82) is 0 Å². The third-order valence-corrected chi connectivity index (χ3v) is 3.74. The molecule has 0 aliphatic carbocycles. The summed E-state index contributed by atoms with van der Waals surface area (Å²) >= 11 is 1.63. The van der Waals surface area contributed by atoms with Crippen LogP contribution in [0, 0.1) is 0 Å². The van der Waals surface area contributed by atoms with Crippen LogP contribution in [-0.2, 0) is 11.3 Å². The minimum absolute atomic E-state index is 0.126. The molecule has 0 radical (unpaired) electrons. The molecular formula is C16H13NO2S. The molecule has 0 bridgehead atoms. The number of furan rings is 1. The summed E-state index contributed by atoms with van der Waals surface area (Å²) < 4.78 is 5.60. The van der Waals surface area contributed by atoms with Crippen LogP contribution in [0.15, 0.2) is 58.3 Å². The average molecular weight is 283 g/mol. The summed E-state index contributed by atoms with van der Waals surface area (Å²) in [4.78, 5) is 12.8. The highest BCUT2D eigenvalue weighted by atomic mass is 32.1. The minimum Gasteiger partial charge on any atom is -0.457 e. The number of thiophene rings is 1. The summed E-state index contributed by atoms with van der Waals surface area (Å²) in [6.07, 6.45) is 3.18. The Morgan fingerprint density at radius 1 is 1.25 bits per heavy atom. The van der Waals surface area contributed by atoms with Crippen molar-refractivity contribution in [2.75, 3.05) is 0 Å². The Bertz CT molecular complexity index is 708. The van der Waals surface area contributed by atoms with Crippen molar-refractivity contribution in [3.63, 3.8) is 0 Å². The summed E-state index contributed by atoms with van der Waals surface area (Å²) in [6, 6.07) is 13.6. The topological polar surface area (TPSA) is 42.2 Å². The zero-order chi connectivity index (χ0) is 13.8. The summed E-state index contributed by atoms with van der Waals surface area (Å²) in [5, 5.41) is 5.86. The van der Waals surface area contributed by atoms with Gasteiger partial charge in [0.2, 0.25) is 5.91 Å². The second kappa shape index (κ2) is 5.75. The molecule has 0 saturated heterocycles. The molecule has 0 aliphatic heterocycles. The fourth-order valence-corrected chi connectivity index (χ4v) is 2.53. The van der Waals surface area contributed by atoms with Crippen LogP contribution >= 0.6 is 11.3 Å². The van der Waals surface area contributed by atoms with Crippen LogP contribution in [0.3, 0.4) is 0 Å². The maximum atomic E-state index is 11.7. The molecule has 2 heterocycles. The zero-order valence-electron chi connectivity index (χ0n) is 10.7. The number of rotatable bonds is 4. The third kappa shape index (κ3) is 2.97. The van der Waals surface area contributed by atoms with E-state index in [0.717, 1.165) is 15.8 Å². The van der Waals surface area contributed by atoms with Gasteiger partial charge in [-0.3, -0.25) is 4.79 Å². The van der Waals surface area contributed by atoms with E-state index in [9.17, 15) is 4.79 Å². The van der Waals surface area contributed by atoms with Gasteiger partial charge in [-0.15, -0.1) is 11.3 Å². The first-order valence-electron chi connectivity index (χ1n) is 6.28. The molecule has 1 aromatic carbocycles. The van der Waals surface area contributed by atoms with Gasteiger partial charge in [-0.25, -0.2) is 0 Å². The maximum absolute atomic E-state index is 11.7. The van der Waals surface area contributed by atoms with Gasteiger partial charge in [-0.1, -0.05) is 24.3 Å². The molecule has 3 nitrogen and oxygen atoms in total. The number of hydrogen-bond donors (Lipinski definition) is 1. The van der Waals surface area contributed by atoms with Gasteiger partial charge < -0.3 is 9.73 Å². The van der Waals surface area contributed by atoms with Gasteiger partial charge in [0.25, 0.3) is 0 Å². The normalized spacial score (nSPS) is 11.2. The van der Waals surface area contributed by atoms with Gasteiger partial charge in [0.15, 0.2) is 0 Å². The molecule has 0 spiro atoms. The number of amides is 1. The van der Waals surface area contributed by atoms with Crippen molar-refractivity contribution < 1.29 is 9.21 Å². The van der Waals surface area contributed by atoms with Crippen LogP contribution in [0.4, 0.5) is 0 Å². The lowest BCUT2D eigenvalue weighted by molar-refractivity contribution is -0.116. The van der Waals surface area contributed by atoms with Crippen molar-refractivity contribution in [3.8, 4) is 0 Å². The summed E-state index contributed by atoms with van der Waals surface area (Å²) in [5.41, 5.74) is 0.825. The number of nitrogens with one attached hydrogen (secondary N) is 1.